The molecule has 332 valence electrons. The zero-order chi connectivity index (χ0) is 41.6. The van der Waals surface area contributed by atoms with Crippen molar-refractivity contribution in [2.75, 3.05) is 93.0 Å². The van der Waals surface area contributed by atoms with Crippen LogP contribution < -0.4 is 0 Å². The van der Waals surface area contributed by atoms with Crippen molar-refractivity contribution in [3.63, 3.8) is 0 Å². The summed E-state index contributed by atoms with van der Waals surface area (Å²) < 4.78 is 75.6. The van der Waals surface area contributed by atoms with Crippen molar-refractivity contribution in [3.8, 4) is 0 Å². The van der Waals surface area contributed by atoms with E-state index in [-0.39, 0.29) is 73.2 Å². The predicted molar refractivity (Wildman–Crippen MR) is 213 cm³/mol. The third-order valence-electron chi connectivity index (χ3n) is 8.16. The maximum atomic E-state index is 9.27. The highest BCUT2D eigenvalue weighted by Crippen LogP contribution is 2.08. The fourth-order valence-electron chi connectivity index (χ4n) is 4.74. The van der Waals surface area contributed by atoms with E-state index in [1.807, 2.05) is 76.2 Å². The number of aliphatic hydroxyl groups excluding tert-OH is 1. The van der Waals surface area contributed by atoms with Crippen LogP contribution in [0, 0.1) is 0 Å². The third-order valence-corrected chi connectivity index (χ3v) is 8.16. The minimum Gasteiger partial charge on any atom is -0.391 e. The lowest BCUT2D eigenvalue weighted by Crippen LogP contribution is -2.31. The first-order valence-electron chi connectivity index (χ1n) is 20.6. The Balaban J connectivity index is 3.97. The molecule has 55 heavy (non-hydrogen) atoms. The van der Waals surface area contributed by atoms with Crippen LogP contribution in [0.25, 0.3) is 0 Å². The summed E-state index contributed by atoms with van der Waals surface area (Å²) >= 11 is 0. The van der Waals surface area contributed by atoms with Gasteiger partial charge in [-0.1, -0.05) is 6.92 Å². The second kappa shape index (κ2) is 34.3. The van der Waals surface area contributed by atoms with Crippen molar-refractivity contribution >= 4 is 0 Å². The molecule has 0 aromatic carbocycles. The molecule has 0 radical (unpaired) electrons. The number of hydrogen-bond acceptors (Lipinski definition) is 14. The van der Waals surface area contributed by atoms with E-state index < -0.39 is 6.10 Å². The van der Waals surface area contributed by atoms with Gasteiger partial charge in [-0.3, -0.25) is 0 Å². The molecule has 13 unspecified atom stereocenters. The fraction of sp³-hybridized carbons (Fsp3) is 1.00. The Morgan fingerprint density at radius 2 is 0.564 bits per heavy atom. The molecule has 0 rings (SSSR count). The van der Waals surface area contributed by atoms with Crippen LogP contribution in [0.2, 0.25) is 0 Å². The second-order valence-electron chi connectivity index (χ2n) is 15.2. The summed E-state index contributed by atoms with van der Waals surface area (Å²) in [5.41, 5.74) is 0. The molecule has 0 amide bonds. The Bertz CT molecular complexity index is 837. The molecule has 0 aliphatic rings. The van der Waals surface area contributed by atoms with E-state index in [1.165, 1.54) is 0 Å². The van der Waals surface area contributed by atoms with Crippen molar-refractivity contribution in [3.05, 3.63) is 0 Å². The highest BCUT2D eigenvalue weighted by Gasteiger charge is 2.17. The molecule has 0 saturated carbocycles. The van der Waals surface area contributed by atoms with Gasteiger partial charge in [-0.25, -0.2) is 0 Å². The molecule has 0 aliphatic heterocycles. The summed E-state index contributed by atoms with van der Waals surface area (Å²) in [5, 5.41) is 9.27. The highest BCUT2D eigenvalue weighted by molar-refractivity contribution is 4.62. The fourth-order valence-corrected chi connectivity index (χ4v) is 4.74. The molecule has 14 heteroatoms. The zero-order valence-electron chi connectivity index (χ0n) is 37.2. The van der Waals surface area contributed by atoms with Crippen molar-refractivity contribution < 1.29 is 66.7 Å². The van der Waals surface area contributed by atoms with Gasteiger partial charge in [-0.05, 0) is 89.5 Å². The summed E-state index contributed by atoms with van der Waals surface area (Å²) in [6.45, 7) is 31.5. The molecule has 13 atom stereocenters. The average molecular weight is 801 g/mol. The van der Waals surface area contributed by atoms with Gasteiger partial charge in [0.25, 0.3) is 0 Å². The molecule has 0 aromatic heterocycles. The van der Waals surface area contributed by atoms with Gasteiger partial charge in [0.15, 0.2) is 0 Å². The van der Waals surface area contributed by atoms with Gasteiger partial charge in [0.05, 0.1) is 165 Å². The molecule has 0 fully saturated rings. The van der Waals surface area contributed by atoms with E-state index in [4.69, 9.17) is 61.6 Å². The lowest BCUT2D eigenvalue weighted by Gasteiger charge is -2.24. The van der Waals surface area contributed by atoms with Gasteiger partial charge in [0.2, 0.25) is 0 Å². The summed E-state index contributed by atoms with van der Waals surface area (Å²) in [5.74, 6) is 0. The van der Waals surface area contributed by atoms with Crippen molar-refractivity contribution in [1.82, 2.24) is 0 Å². The number of rotatable bonds is 39. The monoisotopic (exact) mass is 801 g/mol. The zero-order valence-corrected chi connectivity index (χ0v) is 37.2. The number of ether oxygens (including phenoxy) is 13. The minimum absolute atomic E-state index is 0.00500. The van der Waals surface area contributed by atoms with Gasteiger partial charge >= 0.3 is 0 Å². The summed E-state index contributed by atoms with van der Waals surface area (Å²) in [4.78, 5) is 0. The minimum atomic E-state index is -0.482. The Morgan fingerprint density at radius 1 is 0.327 bits per heavy atom. The molecule has 0 bridgehead atoms. The molecule has 0 saturated heterocycles. The maximum absolute atomic E-state index is 9.27. The summed E-state index contributed by atoms with van der Waals surface area (Å²) in [6, 6.07) is 0. The molecule has 1 N–H and O–H groups in total. The molecule has 0 aromatic rings. The van der Waals surface area contributed by atoms with Crippen LogP contribution in [-0.2, 0) is 61.6 Å². The van der Waals surface area contributed by atoms with Crippen molar-refractivity contribution in [2.45, 2.75) is 176 Å². The quantitative estimate of drug-likeness (QED) is 0.0864. The van der Waals surface area contributed by atoms with Crippen LogP contribution in [-0.4, -0.2) is 177 Å². The number of hydrogen-bond donors (Lipinski definition) is 1. The summed E-state index contributed by atoms with van der Waals surface area (Å²) in [6.07, 6.45) is -0.289. The lowest BCUT2D eigenvalue weighted by molar-refractivity contribution is -0.120. The number of methoxy groups -OCH3 is 1. The molecule has 14 nitrogen and oxygen atoms in total. The van der Waals surface area contributed by atoms with E-state index in [0.717, 1.165) is 6.42 Å². The van der Waals surface area contributed by atoms with E-state index in [9.17, 15) is 5.11 Å². The normalized spacial score (nSPS) is 19.5. The molecule has 0 spiro atoms. The highest BCUT2D eigenvalue weighted by atomic mass is 16.6. The van der Waals surface area contributed by atoms with Gasteiger partial charge < -0.3 is 66.7 Å². The van der Waals surface area contributed by atoms with Crippen LogP contribution in [0.5, 0.6) is 0 Å². The van der Waals surface area contributed by atoms with Crippen LogP contribution in [0.3, 0.4) is 0 Å². The molecule has 0 heterocycles. The van der Waals surface area contributed by atoms with E-state index >= 15 is 0 Å². The van der Waals surface area contributed by atoms with Gasteiger partial charge in [-0.15, -0.1) is 0 Å². The topological polar surface area (TPSA) is 140 Å². The molecule has 0 aliphatic carbocycles. The molecular weight excluding hydrogens is 716 g/mol. The van der Waals surface area contributed by atoms with Crippen molar-refractivity contribution in [2.24, 2.45) is 0 Å². The lowest BCUT2D eigenvalue weighted by atomic mass is 10.3. The average Bonchev–Trinajstić information content (AvgIpc) is 3.14. The first-order chi connectivity index (χ1) is 26.0. The smallest absolute Gasteiger partial charge is 0.0802 e. The van der Waals surface area contributed by atoms with Crippen LogP contribution in [0.4, 0.5) is 0 Å². The van der Waals surface area contributed by atoms with Gasteiger partial charge in [0.1, 0.15) is 0 Å². The largest absolute Gasteiger partial charge is 0.391 e. The van der Waals surface area contributed by atoms with Crippen LogP contribution >= 0.6 is 0 Å². The van der Waals surface area contributed by atoms with E-state index in [0.29, 0.717) is 85.9 Å². The first-order valence-corrected chi connectivity index (χ1v) is 20.6. The van der Waals surface area contributed by atoms with Crippen LogP contribution in [0.15, 0.2) is 0 Å². The molecular formula is C41H84O14. The Hall–Kier alpha value is -0.560. The van der Waals surface area contributed by atoms with E-state index in [2.05, 4.69) is 6.92 Å². The standard InChI is InChI=1S/C41H84O14/c1-15-41(43-14)28-54-32(5)19-45-18-31(4)47-21-34(7)48-22-35(8)49-23-36(9)51-25-38(11)53-27-40(13)55-39(12)26-52-37(10)24-50-33(6)20-46-30(3)17-44-16-29(2)42/h29-42H,15-28H2,1-14H3. The van der Waals surface area contributed by atoms with Crippen molar-refractivity contribution in [1.29, 1.82) is 0 Å². The summed E-state index contributed by atoms with van der Waals surface area (Å²) in [7, 11) is 1.70. The second-order valence-corrected chi connectivity index (χ2v) is 15.2. The predicted octanol–water partition coefficient (Wildman–Crippen LogP) is 5.26. The first kappa shape index (κ1) is 54.4. The Kier molecular flexibility index (Phi) is 34.0. The van der Waals surface area contributed by atoms with Crippen LogP contribution in [0.1, 0.15) is 96.4 Å². The van der Waals surface area contributed by atoms with E-state index in [1.54, 1.807) is 14.0 Å². The Labute approximate surface area is 335 Å². The maximum Gasteiger partial charge on any atom is 0.0802 e. The Morgan fingerprint density at radius 3 is 0.818 bits per heavy atom. The third kappa shape index (κ3) is 34.1. The SMILES string of the molecule is CCC(COC(C)COCC(C)OCC(C)OCC(C)OCC(C)OCC(C)OCC(C)OC(C)COC(C)COC(C)COC(C)COCC(C)O)OC. The van der Waals surface area contributed by atoms with Gasteiger partial charge in [-0.2, -0.15) is 0 Å². The van der Waals surface area contributed by atoms with Gasteiger partial charge in [0, 0.05) is 7.11 Å². The number of aliphatic hydroxyl groups is 1.